The number of rotatable bonds is 3. The van der Waals surface area contributed by atoms with E-state index in [9.17, 15) is 5.11 Å². The third kappa shape index (κ3) is 2.17. The summed E-state index contributed by atoms with van der Waals surface area (Å²) in [5.41, 5.74) is 0. The molecular weight excluding hydrogens is 242 g/mol. The quantitative estimate of drug-likeness (QED) is 0.829. The largest absolute Gasteiger partial charge is 0.490 e. The van der Waals surface area contributed by atoms with Crippen molar-refractivity contribution in [2.24, 2.45) is 5.92 Å². The third-order valence-electron chi connectivity index (χ3n) is 3.29. The van der Waals surface area contributed by atoms with Gasteiger partial charge in [0.05, 0.1) is 19.8 Å². The zero-order valence-corrected chi connectivity index (χ0v) is 10.7. The second-order valence-corrected chi connectivity index (χ2v) is 4.59. The Morgan fingerprint density at radius 3 is 3.00 bits per heavy atom. The summed E-state index contributed by atoms with van der Waals surface area (Å²) in [5.74, 6) is 1.57. The van der Waals surface area contributed by atoms with E-state index in [4.69, 9.17) is 16.3 Å². The Hall–Kier alpha value is -1.07. The molecule has 94 valence electrons. The van der Waals surface area contributed by atoms with Gasteiger partial charge in [0.1, 0.15) is 6.33 Å². The summed E-state index contributed by atoms with van der Waals surface area (Å²) in [6.07, 6.45) is 2.44. The van der Waals surface area contributed by atoms with Crippen LogP contribution in [-0.4, -0.2) is 41.4 Å². The molecule has 0 spiro atoms. The first-order valence-corrected chi connectivity index (χ1v) is 5.98. The number of aliphatic hydroxyl groups excluding tert-OH is 1. The lowest BCUT2D eigenvalue weighted by atomic mass is 10.0. The highest BCUT2D eigenvalue weighted by atomic mass is 35.5. The van der Waals surface area contributed by atoms with Crippen molar-refractivity contribution in [2.75, 3.05) is 25.2 Å². The van der Waals surface area contributed by atoms with Crippen LogP contribution in [0.25, 0.3) is 0 Å². The van der Waals surface area contributed by atoms with Gasteiger partial charge in [-0.15, -0.1) is 0 Å². The van der Waals surface area contributed by atoms with Gasteiger partial charge in [-0.2, -0.15) is 0 Å². The highest BCUT2D eigenvalue weighted by molar-refractivity contribution is 6.31. The molecule has 0 radical (unpaired) electrons. The van der Waals surface area contributed by atoms with E-state index in [1.807, 2.05) is 4.90 Å². The molecule has 2 unspecified atom stereocenters. The number of methoxy groups -OCH3 is 1. The molecule has 17 heavy (non-hydrogen) atoms. The van der Waals surface area contributed by atoms with Crippen LogP contribution >= 0.6 is 11.6 Å². The van der Waals surface area contributed by atoms with Gasteiger partial charge in [0.2, 0.25) is 0 Å². The molecule has 1 N–H and O–H groups in total. The van der Waals surface area contributed by atoms with Crippen molar-refractivity contribution in [3.8, 4) is 5.75 Å². The van der Waals surface area contributed by atoms with Gasteiger partial charge in [-0.05, 0) is 12.3 Å². The molecule has 2 rings (SSSR count). The summed E-state index contributed by atoms with van der Waals surface area (Å²) >= 11 is 5.97. The van der Waals surface area contributed by atoms with Crippen molar-refractivity contribution in [1.82, 2.24) is 9.97 Å². The fourth-order valence-electron chi connectivity index (χ4n) is 2.27. The molecule has 1 fully saturated rings. The number of aromatic nitrogens is 2. The van der Waals surface area contributed by atoms with Crippen LogP contribution in [0.2, 0.25) is 5.15 Å². The van der Waals surface area contributed by atoms with Gasteiger partial charge in [-0.1, -0.05) is 18.5 Å². The predicted octanol–water partition coefficient (Wildman–Crippen LogP) is 1.35. The van der Waals surface area contributed by atoms with Crippen molar-refractivity contribution in [1.29, 1.82) is 0 Å². The average molecular weight is 258 g/mol. The Kier molecular flexibility index (Phi) is 3.69. The smallest absolute Gasteiger partial charge is 0.199 e. The molecule has 1 saturated heterocycles. The molecule has 0 bridgehead atoms. The molecular formula is C11H16ClN3O2. The van der Waals surface area contributed by atoms with Crippen molar-refractivity contribution < 1.29 is 9.84 Å². The first-order valence-electron chi connectivity index (χ1n) is 5.61. The number of hydrogen-bond acceptors (Lipinski definition) is 5. The predicted molar refractivity (Wildman–Crippen MR) is 65.6 cm³/mol. The Morgan fingerprint density at radius 1 is 1.59 bits per heavy atom. The second-order valence-electron chi connectivity index (χ2n) is 4.23. The summed E-state index contributed by atoms with van der Waals surface area (Å²) in [5, 5.41) is 9.74. The average Bonchev–Trinajstić information content (AvgIpc) is 2.69. The van der Waals surface area contributed by atoms with Gasteiger partial charge in [0, 0.05) is 6.54 Å². The van der Waals surface area contributed by atoms with Gasteiger partial charge in [-0.25, -0.2) is 9.97 Å². The lowest BCUT2D eigenvalue weighted by molar-refractivity contribution is 0.244. The molecule has 0 saturated carbocycles. The highest BCUT2D eigenvalue weighted by Gasteiger charge is 2.33. The molecule has 5 nitrogen and oxygen atoms in total. The fraction of sp³-hybridized carbons (Fsp3) is 0.636. The van der Waals surface area contributed by atoms with Crippen molar-refractivity contribution in [3.05, 3.63) is 11.5 Å². The standard InChI is InChI=1S/C11H16ClN3O2/c1-7-3-4-15(8(7)5-16)11-9(17-2)10(12)13-6-14-11/h6-8,16H,3-5H2,1-2H3. The zero-order chi connectivity index (χ0) is 12.4. The first-order chi connectivity index (χ1) is 8.19. The Bertz CT molecular complexity index is 402. The van der Waals surface area contributed by atoms with E-state index >= 15 is 0 Å². The van der Waals surface area contributed by atoms with Crippen LogP contribution in [0, 0.1) is 5.92 Å². The van der Waals surface area contributed by atoms with Gasteiger partial charge in [0.15, 0.2) is 16.7 Å². The molecule has 0 amide bonds. The number of halogens is 1. The normalized spacial score (nSPS) is 24.1. The van der Waals surface area contributed by atoms with E-state index in [-0.39, 0.29) is 12.6 Å². The number of ether oxygens (including phenoxy) is 1. The van der Waals surface area contributed by atoms with Gasteiger partial charge in [-0.3, -0.25) is 0 Å². The molecule has 0 aromatic carbocycles. The number of nitrogens with zero attached hydrogens (tertiary/aromatic N) is 3. The van der Waals surface area contributed by atoms with Crippen LogP contribution < -0.4 is 9.64 Å². The maximum atomic E-state index is 9.44. The van der Waals surface area contributed by atoms with Crippen LogP contribution in [0.15, 0.2) is 6.33 Å². The van der Waals surface area contributed by atoms with Crippen molar-refractivity contribution in [3.63, 3.8) is 0 Å². The molecule has 1 aliphatic rings. The molecule has 2 heterocycles. The third-order valence-corrected chi connectivity index (χ3v) is 3.56. The Morgan fingerprint density at radius 2 is 2.35 bits per heavy atom. The molecule has 1 aliphatic heterocycles. The number of anilines is 1. The maximum Gasteiger partial charge on any atom is 0.199 e. The summed E-state index contributed by atoms with van der Waals surface area (Å²) in [6.45, 7) is 3.07. The van der Waals surface area contributed by atoms with E-state index in [1.54, 1.807) is 7.11 Å². The van der Waals surface area contributed by atoms with Gasteiger partial charge >= 0.3 is 0 Å². The van der Waals surface area contributed by atoms with Crippen LogP contribution in [-0.2, 0) is 0 Å². The van der Waals surface area contributed by atoms with Gasteiger partial charge < -0.3 is 14.7 Å². The van der Waals surface area contributed by atoms with Gasteiger partial charge in [0.25, 0.3) is 0 Å². The van der Waals surface area contributed by atoms with Crippen LogP contribution in [0.1, 0.15) is 13.3 Å². The summed E-state index contributed by atoms with van der Waals surface area (Å²) in [7, 11) is 1.54. The molecule has 1 aromatic heterocycles. The summed E-state index contributed by atoms with van der Waals surface area (Å²) in [4.78, 5) is 10.2. The van der Waals surface area contributed by atoms with E-state index in [1.165, 1.54) is 6.33 Å². The monoisotopic (exact) mass is 257 g/mol. The van der Waals surface area contributed by atoms with E-state index < -0.39 is 0 Å². The topological polar surface area (TPSA) is 58.5 Å². The number of hydrogen-bond donors (Lipinski definition) is 1. The summed E-state index contributed by atoms with van der Waals surface area (Å²) < 4.78 is 5.24. The summed E-state index contributed by atoms with van der Waals surface area (Å²) in [6, 6.07) is 0.0647. The maximum absolute atomic E-state index is 9.44. The molecule has 1 aromatic rings. The molecule has 0 aliphatic carbocycles. The van der Waals surface area contributed by atoms with Crippen LogP contribution in [0.4, 0.5) is 5.82 Å². The zero-order valence-electron chi connectivity index (χ0n) is 9.93. The van der Waals surface area contributed by atoms with E-state index in [0.29, 0.717) is 22.6 Å². The Balaban J connectivity index is 2.37. The van der Waals surface area contributed by atoms with Crippen molar-refractivity contribution >= 4 is 17.4 Å². The minimum absolute atomic E-state index is 0.0647. The fourth-order valence-corrected chi connectivity index (χ4v) is 2.48. The lowest BCUT2D eigenvalue weighted by Gasteiger charge is -2.27. The number of aliphatic hydroxyl groups is 1. The van der Waals surface area contributed by atoms with Crippen LogP contribution in [0.5, 0.6) is 5.75 Å². The molecule has 6 heteroatoms. The Labute approximate surface area is 105 Å². The second kappa shape index (κ2) is 5.06. The SMILES string of the molecule is COc1c(Cl)ncnc1N1CCC(C)C1CO. The van der Waals surface area contributed by atoms with Crippen molar-refractivity contribution in [2.45, 2.75) is 19.4 Å². The lowest BCUT2D eigenvalue weighted by Crippen LogP contribution is -2.36. The van der Waals surface area contributed by atoms with E-state index in [2.05, 4.69) is 16.9 Å². The van der Waals surface area contributed by atoms with Crippen LogP contribution in [0.3, 0.4) is 0 Å². The molecule has 2 atom stereocenters. The first kappa shape index (κ1) is 12.4. The highest BCUT2D eigenvalue weighted by Crippen LogP contribution is 2.36. The van der Waals surface area contributed by atoms with E-state index in [0.717, 1.165) is 13.0 Å². The minimum atomic E-state index is 0.0647. The minimum Gasteiger partial charge on any atom is -0.490 e.